The Bertz CT molecular complexity index is 816. The Morgan fingerprint density at radius 1 is 1.19 bits per heavy atom. The van der Waals surface area contributed by atoms with Gasteiger partial charge in [0.25, 0.3) is 0 Å². The number of fused-ring (bicyclic) bond motifs is 1. The van der Waals surface area contributed by atoms with E-state index in [9.17, 15) is 14.4 Å². The van der Waals surface area contributed by atoms with Crippen molar-refractivity contribution in [3.63, 3.8) is 0 Å². The molecule has 21 heavy (non-hydrogen) atoms. The highest BCUT2D eigenvalue weighted by molar-refractivity contribution is 7.18. The minimum Gasteiger partial charge on any atom is -0.292 e. The molecule has 0 saturated carbocycles. The van der Waals surface area contributed by atoms with Crippen molar-refractivity contribution >= 4 is 27.3 Å². The normalized spacial score (nSPS) is 12.0. The Hall–Kier alpha value is -2.58. The number of benzene rings is 2. The Morgan fingerprint density at radius 3 is 2.57 bits per heavy atom. The van der Waals surface area contributed by atoms with E-state index in [4.69, 9.17) is 0 Å². The molecular weight excluding hydrogens is 287 g/mol. The van der Waals surface area contributed by atoms with Crippen molar-refractivity contribution in [1.82, 2.24) is 4.98 Å². The zero-order valence-electron chi connectivity index (χ0n) is 10.8. The first-order valence-corrected chi connectivity index (χ1v) is 7.05. The van der Waals surface area contributed by atoms with Crippen LogP contribution in [0.15, 0.2) is 48.5 Å². The van der Waals surface area contributed by atoms with Crippen molar-refractivity contribution in [1.29, 1.82) is 5.26 Å². The molecule has 0 bridgehead atoms. The van der Waals surface area contributed by atoms with E-state index in [0.29, 0.717) is 10.6 Å². The van der Waals surface area contributed by atoms with Crippen molar-refractivity contribution in [2.24, 2.45) is 0 Å². The van der Waals surface area contributed by atoms with Gasteiger partial charge in [0, 0.05) is 5.56 Å². The van der Waals surface area contributed by atoms with E-state index >= 15 is 0 Å². The van der Waals surface area contributed by atoms with Crippen LogP contribution in [0.4, 0.5) is 4.39 Å². The van der Waals surface area contributed by atoms with Gasteiger partial charge in [-0.25, -0.2) is 9.37 Å². The summed E-state index contributed by atoms with van der Waals surface area (Å²) in [7, 11) is 0. The van der Waals surface area contributed by atoms with E-state index in [0.717, 1.165) is 10.2 Å². The topological polar surface area (TPSA) is 53.8 Å². The first kappa shape index (κ1) is 13.4. The largest absolute Gasteiger partial charge is 0.292 e. The molecule has 0 saturated heterocycles. The zero-order chi connectivity index (χ0) is 14.8. The molecule has 0 spiro atoms. The molecule has 102 valence electrons. The van der Waals surface area contributed by atoms with Crippen molar-refractivity contribution < 1.29 is 9.18 Å². The van der Waals surface area contributed by atoms with Crippen molar-refractivity contribution in [2.45, 2.75) is 5.92 Å². The molecule has 0 aliphatic rings. The van der Waals surface area contributed by atoms with Gasteiger partial charge in [0.05, 0.1) is 16.3 Å². The Labute approximate surface area is 124 Å². The number of halogens is 1. The molecule has 0 fully saturated rings. The smallest absolute Gasteiger partial charge is 0.186 e. The Kier molecular flexibility index (Phi) is 3.46. The van der Waals surface area contributed by atoms with Crippen molar-refractivity contribution in [2.75, 3.05) is 0 Å². The maximum absolute atomic E-state index is 12.9. The fourth-order valence-electron chi connectivity index (χ4n) is 2.02. The molecule has 1 atom stereocenters. The molecule has 5 heteroatoms. The molecule has 2 aromatic carbocycles. The van der Waals surface area contributed by atoms with E-state index < -0.39 is 11.7 Å². The van der Waals surface area contributed by atoms with Crippen LogP contribution in [0.25, 0.3) is 10.2 Å². The average molecular weight is 296 g/mol. The second-order valence-corrected chi connectivity index (χ2v) is 5.52. The van der Waals surface area contributed by atoms with Gasteiger partial charge in [0.15, 0.2) is 11.7 Å². The van der Waals surface area contributed by atoms with Gasteiger partial charge in [-0.2, -0.15) is 5.26 Å². The monoisotopic (exact) mass is 296 g/mol. The summed E-state index contributed by atoms with van der Waals surface area (Å²) in [5.74, 6) is -1.75. The van der Waals surface area contributed by atoms with E-state index in [2.05, 4.69) is 4.98 Å². The van der Waals surface area contributed by atoms with Gasteiger partial charge >= 0.3 is 0 Å². The molecule has 0 N–H and O–H groups in total. The number of aromatic nitrogens is 1. The van der Waals surface area contributed by atoms with E-state index in [-0.39, 0.29) is 5.78 Å². The number of para-hydroxylation sites is 1. The summed E-state index contributed by atoms with van der Waals surface area (Å²) in [5.41, 5.74) is 1.08. The molecular formula is C16H9FN2OS. The fourth-order valence-corrected chi connectivity index (χ4v) is 3.03. The van der Waals surface area contributed by atoms with Crippen LogP contribution >= 0.6 is 11.3 Å². The number of thiazole rings is 1. The lowest BCUT2D eigenvalue weighted by molar-refractivity contribution is 0.0979. The summed E-state index contributed by atoms with van der Waals surface area (Å²) >= 11 is 1.33. The lowest BCUT2D eigenvalue weighted by Gasteiger charge is -2.04. The Morgan fingerprint density at radius 2 is 1.90 bits per heavy atom. The van der Waals surface area contributed by atoms with Crippen LogP contribution in [0.3, 0.4) is 0 Å². The molecule has 0 aliphatic heterocycles. The minimum absolute atomic E-state index is 0.308. The van der Waals surface area contributed by atoms with Crippen LogP contribution in [0.2, 0.25) is 0 Å². The third-order valence-corrected chi connectivity index (χ3v) is 4.18. The minimum atomic E-state index is -0.965. The lowest BCUT2D eigenvalue weighted by atomic mass is 9.99. The van der Waals surface area contributed by atoms with Crippen LogP contribution in [-0.4, -0.2) is 10.8 Å². The first-order valence-electron chi connectivity index (χ1n) is 6.24. The van der Waals surface area contributed by atoms with Gasteiger partial charge < -0.3 is 0 Å². The van der Waals surface area contributed by atoms with Gasteiger partial charge in [-0.3, -0.25) is 4.79 Å². The number of nitriles is 1. The van der Waals surface area contributed by atoms with Crippen molar-refractivity contribution in [3.8, 4) is 6.07 Å². The summed E-state index contributed by atoms with van der Waals surface area (Å²) in [4.78, 5) is 16.7. The number of Topliss-reactive ketones (excluding diaryl/α,β-unsaturated/α-hetero) is 1. The summed E-state index contributed by atoms with van der Waals surface area (Å²) in [6.45, 7) is 0. The highest BCUT2D eigenvalue weighted by atomic mass is 32.1. The number of ketones is 1. The second-order valence-electron chi connectivity index (χ2n) is 4.45. The predicted molar refractivity (Wildman–Crippen MR) is 78.7 cm³/mol. The van der Waals surface area contributed by atoms with E-state index in [1.54, 1.807) is 0 Å². The van der Waals surface area contributed by atoms with Gasteiger partial charge in [-0.1, -0.05) is 12.1 Å². The highest BCUT2D eigenvalue weighted by Gasteiger charge is 2.25. The molecule has 1 unspecified atom stereocenters. The quantitative estimate of drug-likeness (QED) is 0.688. The molecule has 1 aromatic heterocycles. The Balaban J connectivity index is 1.99. The molecule has 0 radical (unpaired) electrons. The van der Waals surface area contributed by atoms with Gasteiger partial charge in [0.1, 0.15) is 10.8 Å². The molecule has 1 heterocycles. The number of carbonyl (C=O) groups excluding carboxylic acids is 1. The van der Waals surface area contributed by atoms with Crippen LogP contribution in [-0.2, 0) is 0 Å². The van der Waals surface area contributed by atoms with E-state index in [1.165, 1.54) is 35.6 Å². The predicted octanol–water partition coefficient (Wildman–Crippen LogP) is 3.93. The standard InChI is InChI=1S/C16H9FN2OS/c17-11-7-5-10(6-8-11)15(20)12(9-18)16-19-13-3-1-2-4-14(13)21-16/h1-8,12H. The number of nitrogens with zero attached hydrogens (tertiary/aromatic N) is 2. The van der Waals surface area contributed by atoms with E-state index in [1.807, 2.05) is 30.3 Å². The number of hydrogen-bond acceptors (Lipinski definition) is 4. The molecule has 3 rings (SSSR count). The van der Waals surface area contributed by atoms with Crippen molar-refractivity contribution in [3.05, 3.63) is 64.9 Å². The average Bonchev–Trinajstić information content (AvgIpc) is 2.92. The molecule has 0 amide bonds. The van der Waals surface area contributed by atoms with Gasteiger partial charge in [0.2, 0.25) is 0 Å². The third-order valence-electron chi connectivity index (χ3n) is 3.08. The third kappa shape index (κ3) is 2.54. The van der Waals surface area contributed by atoms with Gasteiger partial charge in [-0.05, 0) is 36.4 Å². The molecule has 3 aromatic rings. The van der Waals surface area contributed by atoms with Crippen LogP contribution < -0.4 is 0 Å². The maximum Gasteiger partial charge on any atom is 0.186 e. The number of rotatable bonds is 3. The summed E-state index contributed by atoms with van der Waals surface area (Å²) in [6.07, 6.45) is 0. The number of hydrogen-bond donors (Lipinski definition) is 0. The fraction of sp³-hybridized carbons (Fsp3) is 0.0625. The lowest BCUT2D eigenvalue weighted by Crippen LogP contribution is -2.11. The SMILES string of the molecule is N#CC(C(=O)c1ccc(F)cc1)c1nc2ccccc2s1. The summed E-state index contributed by atoms with van der Waals surface area (Å²) in [6, 6.07) is 14.7. The molecule has 3 nitrogen and oxygen atoms in total. The summed E-state index contributed by atoms with van der Waals surface area (Å²) < 4.78 is 13.8. The van der Waals surface area contributed by atoms with Crippen LogP contribution in [0, 0.1) is 17.1 Å². The summed E-state index contributed by atoms with van der Waals surface area (Å²) in [5, 5.41) is 9.78. The molecule has 0 aliphatic carbocycles. The highest BCUT2D eigenvalue weighted by Crippen LogP contribution is 2.29. The van der Waals surface area contributed by atoms with Crippen LogP contribution in [0.1, 0.15) is 21.3 Å². The maximum atomic E-state index is 12.9. The second kappa shape index (κ2) is 5.43. The van der Waals surface area contributed by atoms with Crippen LogP contribution in [0.5, 0.6) is 0 Å². The number of carbonyl (C=O) groups is 1. The first-order chi connectivity index (χ1) is 10.2. The van der Waals surface area contributed by atoms with Gasteiger partial charge in [-0.15, -0.1) is 11.3 Å². The zero-order valence-corrected chi connectivity index (χ0v) is 11.6.